The minimum Gasteiger partial charge on any atom is -0.330 e. The van der Waals surface area contributed by atoms with Crippen LogP contribution in [0.25, 0.3) is 0 Å². The lowest BCUT2D eigenvalue weighted by Crippen LogP contribution is -2.00. The van der Waals surface area contributed by atoms with Crippen LogP contribution in [-0.2, 0) is 0 Å². The first kappa shape index (κ1) is 6.66. The summed E-state index contributed by atoms with van der Waals surface area (Å²) >= 11 is 0. The highest BCUT2D eigenvalue weighted by Crippen LogP contribution is 2.56. The minimum atomic E-state index is 0.914. The van der Waals surface area contributed by atoms with E-state index in [9.17, 15) is 0 Å². The highest BCUT2D eigenvalue weighted by Gasteiger charge is 2.49. The molecule has 0 spiro atoms. The number of rotatable bonds is 2. The van der Waals surface area contributed by atoms with Crippen LogP contribution in [0.1, 0.15) is 32.1 Å². The largest absolute Gasteiger partial charge is 0.330 e. The topological polar surface area (TPSA) is 26.0 Å². The van der Waals surface area contributed by atoms with Crippen LogP contribution in [0.4, 0.5) is 0 Å². The zero-order valence-corrected chi connectivity index (χ0v) is 6.55. The van der Waals surface area contributed by atoms with Gasteiger partial charge >= 0.3 is 0 Å². The summed E-state index contributed by atoms with van der Waals surface area (Å²) in [6.07, 6.45) is 7.30. The maximum Gasteiger partial charge on any atom is -0.00744 e. The molecule has 0 aliphatic heterocycles. The van der Waals surface area contributed by atoms with E-state index in [-0.39, 0.29) is 0 Å². The summed E-state index contributed by atoms with van der Waals surface area (Å²) in [5.41, 5.74) is 5.52. The van der Waals surface area contributed by atoms with Crippen molar-refractivity contribution in [2.24, 2.45) is 23.5 Å². The molecule has 2 fully saturated rings. The first-order valence-electron chi connectivity index (χ1n) is 4.63. The molecule has 0 bridgehead atoms. The van der Waals surface area contributed by atoms with Crippen LogP contribution >= 0.6 is 0 Å². The molecule has 2 saturated carbocycles. The van der Waals surface area contributed by atoms with Gasteiger partial charge in [-0.05, 0) is 43.6 Å². The molecular formula is C9H17N. The summed E-state index contributed by atoms with van der Waals surface area (Å²) in [5.74, 6) is 3.27. The molecule has 1 heteroatoms. The van der Waals surface area contributed by atoms with Crippen LogP contribution in [0, 0.1) is 17.8 Å². The molecule has 2 atom stereocenters. The summed E-state index contributed by atoms with van der Waals surface area (Å²) in [7, 11) is 0. The normalized spacial score (nSPS) is 44.7. The van der Waals surface area contributed by atoms with Crippen molar-refractivity contribution in [3.05, 3.63) is 0 Å². The smallest absolute Gasteiger partial charge is 0.00744 e. The highest BCUT2D eigenvalue weighted by molar-refractivity contribution is 4.98. The van der Waals surface area contributed by atoms with Gasteiger partial charge in [-0.2, -0.15) is 0 Å². The van der Waals surface area contributed by atoms with Crippen molar-refractivity contribution in [1.82, 2.24) is 0 Å². The Morgan fingerprint density at radius 3 is 2.20 bits per heavy atom. The number of nitrogens with two attached hydrogens (primary N) is 1. The Morgan fingerprint density at radius 2 is 1.70 bits per heavy atom. The van der Waals surface area contributed by atoms with Gasteiger partial charge in [-0.3, -0.25) is 0 Å². The molecule has 0 aromatic carbocycles. The molecule has 10 heavy (non-hydrogen) atoms. The maximum absolute atomic E-state index is 5.52. The zero-order valence-electron chi connectivity index (χ0n) is 6.55. The summed E-state index contributed by atoms with van der Waals surface area (Å²) in [5, 5.41) is 0. The Morgan fingerprint density at radius 1 is 1.10 bits per heavy atom. The van der Waals surface area contributed by atoms with E-state index in [0.717, 1.165) is 24.3 Å². The zero-order chi connectivity index (χ0) is 6.97. The highest BCUT2D eigenvalue weighted by atomic mass is 14.6. The molecule has 2 aliphatic carbocycles. The van der Waals surface area contributed by atoms with Gasteiger partial charge in [0.25, 0.3) is 0 Å². The quantitative estimate of drug-likeness (QED) is 0.620. The number of fused-ring (bicyclic) bond motifs is 1. The second kappa shape index (κ2) is 2.54. The van der Waals surface area contributed by atoms with Crippen molar-refractivity contribution in [1.29, 1.82) is 0 Å². The Kier molecular flexibility index (Phi) is 1.69. The Labute approximate surface area is 63.0 Å². The molecule has 1 nitrogen and oxygen atoms in total. The molecule has 58 valence electrons. The van der Waals surface area contributed by atoms with Gasteiger partial charge in [0.15, 0.2) is 0 Å². The molecule has 0 saturated heterocycles. The van der Waals surface area contributed by atoms with E-state index in [1.807, 2.05) is 0 Å². The van der Waals surface area contributed by atoms with Gasteiger partial charge in [0, 0.05) is 0 Å². The lowest BCUT2D eigenvalue weighted by Gasteiger charge is -2.05. The second-order valence-corrected chi connectivity index (χ2v) is 3.85. The van der Waals surface area contributed by atoms with Gasteiger partial charge in [0.1, 0.15) is 0 Å². The molecule has 2 aliphatic rings. The van der Waals surface area contributed by atoms with Crippen LogP contribution in [0.3, 0.4) is 0 Å². The van der Waals surface area contributed by atoms with E-state index >= 15 is 0 Å². The summed E-state index contributed by atoms with van der Waals surface area (Å²) in [6.45, 7) is 0.914. The SMILES string of the molecule is NCCC1C2CCCCC12. The Hall–Kier alpha value is -0.0400. The van der Waals surface area contributed by atoms with E-state index in [1.165, 1.54) is 32.1 Å². The predicted octanol–water partition coefficient (Wildman–Crippen LogP) is 1.77. The molecule has 0 heterocycles. The van der Waals surface area contributed by atoms with Gasteiger partial charge in [0.2, 0.25) is 0 Å². The predicted molar refractivity (Wildman–Crippen MR) is 42.6 cm³/mol. The van der Waals surface area contributed by atoms with Crippen LogP contribution < -0.4 is 5.73 Å². The molecule has 0 radical (unpaired) electrons. The van der Waals surface area contributed by atoms with Crippen molar-refractivity contribution >= 4 is 0 Å². The molecule has 2 N–H and O–H groups in total. The monoisotopic (exact) mass is 139 g/mol. The van der Waals surface area contributed by atoms with Crippen LogP contribution in [0.5, 0.6) is 0 Å². The summed E-state index contributed by atoms with van der Waals surface area (Å²) in [6, 6.07) is 0. The first-order chi connectivity index (χ1) is 4.93. The van der Waals surface area contributed by atoms with Crippen molar-refractivity contribution in [2.45, 2.75) is 32.1 Å². The first-order valence-corrected chi connectivity index (χ1v) is 4.63. The lowest BCUT2D eigenvalue weighted by atomic mass is 10.0. The fourth-order valence-corrected chi connectivity index (χ4v) is 2.76. The maximum atomic E-state index is 5.52. The Bertz CT molecular complexity index is 110. The van der Waals surface area contributed by atoms with Gasteiger partial charge in [-0.15, -0.1) is 0 Å². The molecule has 0 amide bonds. The van der Waals surface area contributed by atoms with Crippen molar-refractivity contribution in [2.75, 3.05) is 6.54 Å². The molecular weight excluding hydrogens is 122 g/mol. The van der Waals surface area contributed by atoms with E-state index in [2.05, 4.69) is 0 Å². The van der Waals surface area contributed by atoms with E-state index in [1.54, 1.807) is 0 Å². The van der Waals surface area contributed by atoms with Crippen molar-refractivity contribution in [3.63, 3.8) is 0 Å². The third kappa shape index (κ3) is 0.968. The molecule has 2 unspecified atom stereocenters. The van der Waals surface area contributed by atoms with Gasteiger partial charge < -0.3 is 5.73 Å². The van der Waals surface area contributed by atoms with E-state index in [0.29, 0.717) is 0 Å². The summed E-state index contributed by atoms with van der Waals surface area (Å²) in [4.78, 5) is 0. The molecule has 0 aromatic rings. The average Bonchev–Trinajstić information content (AvgIpc) is 2.66. The standard InChI is InChI=1S/C9H17N/c10-6-5-9-7-3-1-2-4-8(7)9/h7-9H,1-6,10H2. The van der Waals surface area contributed by atoms with Crippen LogP contribution in [0.15, 0.2) is 0 Å². The van der Waals surface area contributed by atoms with Crippen molar-refractivity contribution < 1.29 is 0 Å². The summed E-state index contributed by atoms with van der Waals surface area (Å²) < 4.78 is 0. The fourth-order valence-electron chi connectivity index (χ4n) is 2.76. The third-order valence-electron chi connectivity index (χ3n) is 3.33. The van der Waals surface area contributed by atoms with Gasteiger partial charge in [-0.1, -0.05) is 12.8 Å². The average molecular weight is 139 g/mol. The van der Waals surface area contributed by atoms with E-state index in [4.69, 9.17) is 5.73 Å². The van der Waals surface area contributed by atoms with Crippen LogP contribution in [0.2, 0.25) is 0 Å². The van der Waals surface area contributed by atoms with Crippen molar-refractivity contribution in [3.8, 4) is 0 Å². The second-order valence-electron chi connectivity index (χ2n) is 3.85. The Balaban J connectivity index is 1.82. The molecule has 0 aromatic heterocycles. The number of hydrogen-bond donors (Lipinski definition) is 1. The van der Waals surface area contributed by atoms with Gasteiger partial charge in [-0.25, -0.2) is 0 Å². The van der Waals surface area contributed by atoms with E-state index < -0.39 is 0 Å². The fraction of sp³-hybridized carbons (Fsp3) is 1.00. The van der Waals surface area contributed by atoms with Gasteiger partial charge in [0.05, 0.1) is 0 Å². The third-order valence-corrected chi connectivity index (χ3v) is 3.33. The lowest BCUT2D eigenvalue weighted by molar-refractivity contribution is 0.480. The van der Waals surface area contributed by atoms with Crippen LogP contribution in [-0.4, -0.2) is 6.54 Å². The molecule has 2 rings (SSSR count). The number of hydrogen-bond acceptors (Lipinski definition) is 1. The minimum absolute atomic E-state index is 0.914.